The number of carboxylic acids is 1. The Kier molecular flexibility index (Phi) is 3.96. The number of carbonyl (C=O) groups is 1. The van der Waals surface area contributed by atoms with Crippen LogP contribution in [0.3, 0.4) is 0 Å². The molecule has 100 valence electrons. The van der Waals surface area contributed by atoms with Crippen molar-refractivity contribution in [2.45, 2.75) is 12.9 Å². The van der Waals surface area contributed by atoms with Crippen molar-refractivity contribution in [1.82, 2.24) is 4.98 Å². The van der Waals surface area contributed by atoms with Crippen molar-refractivity contribution in [1.29, 1.82) is 0 Å². The topological polar surface area (TPSA) is 94.7 Å². The highest BCUT2D eigenvalue weighted by molar-refractivity contribution is 5.88. The van der Waals surface area contributed by atoms with Crippen LogP contribution in [0.15, 0.2) is 6.07 Å². The number of nitrogens with zero attached hydrogens (tertiary/aromatic N) is 1. The number of methoxy groups -OCH3 is 1. The molecule has 0 saturated heterocycles. The SMILES string of the molecule is COc1cc(OC(F)(F)F)nc(C(=O)O)c1CN. The number of nitrogens with two attached hydrogens (primary N) is 1. The summed E-state index contributed by atoms with van der Waals surface area (Å²) in [7, 11) is 1.16. The van der Waals surface area contributed by atoms with E-state index in [1.54, 1.807) is 0 Å². The molecule has 0 aliphatic heterocycles. The lowest BCUT2D eigenvalue weighted by molar-refractivity contribution is -0.276. The van der Waals surface area contributed by atoms with Crippen molar-refractivity contribution in [3.05, 3.63) is 17.3 Å². The van der Waals surface area contributed by atoms with Gasteiger partial charge in [-0.05, 0) is 0 Å². The van der Waals surface area contributed by atoms with Gasteiger partial charge in [-0.15, -0.1) is 13.2 Å². The molecule has 0 spiro atoms. The summed E-state index contributed by atoms with van der Waals surface area (Å²) < 4.78 is 44.3. The van der Waals surface area contributed by atoms with Gasteiger partial charge in [0.05, 0.1) is 7.11 Å². The maximum Gasteiger partial charge on any atom is 0.574 e. The zero-order chi connectivity index (χ0) is 13.9. The third-order valence-electron chi connectivity index (χ3n) is 1.91. The van der Waals surface area contributed by atoms with Crippen LogP contribution in [0.2, 0.25) is 0 Å². The van der Waals surface area contributed by atoms with Crippen molar-refractivity contribution in [2.75, 3.05) is 7.11 Å². The molecule has 0 atom stereocenters. The molecule has 0 bridgehead atoms. The molecule has 1 aromatic heterocycles. The number of ether oxygens (including phenoxy) is 2. The van der Waals surface area contributed by atoms with Gasteiger partial charge >= 0.3 is 12.3 Å². The van der Waals surface area contributed by atoms with Crippen LogP contribution in [0.25, 0.3) is 0 Å². The zero-order valence-electron chi connectivity index (χ0n) is 9.11. The van der Waals surface area contributed by atoms with Gasteiger partial charge in [-0.1, -0.05) is 0 Å². The lowest BCUT2D eigenvalue weighted by Gasteiger charge is -2.13. The van der Waals surface area contributed by atoms with E-state index in [1.165, 1.54) is 0 Å². The average Bonchev–Trinajstić information content (AvgIpc) is 2.25. The Bertz CT molecular complexity index is 462. The molecular weight excluding hydrogens is 257 g/mol. The van der Waals surface area contributed by atoms with Crippen molar-refractivity contribution < 1.29 is 32.5 Å². The largest absolute Gasteiger partial charge is 0.574 e. The standard InChI is InChI=1S/C9H9F3N2O4/c1-17-5-2-6(18-9(10,11)12)14-7(8(15)16)4(5)3-13/h2H,3,13H2,1H3,(H,15,16). The van der Waals surface area contributed by atoms with Gasteiger partial charge in [0, 0.05) is 18.2 Å². The van der Waals surface area contributed by atoms with Gasteiger partial charge in [0.2, 0.25) is 5.88 Å². The van der Waals surface area contributed by atoms with Crippen LogP contribution in [0, 0.1) is 0 Å². The molecule has 0 aliphatic carbocycles. The molecule has 0 amide bonds. The second-order valence-corrected chi connectivity index (χ2v) is 3.05. The third-order valence-corrected chi connectivity index (χ3v) is 1.91. The van der Waals surface area contributed by atoms with Gasteiger partial charge in [0.25, 0.3) is 0 Å². The van der Waals surface area contributed by atoms with Crippen molar-refractivity contribution in [3.63, 3.8) is 0 Å². The van der Waals surface area contributed by atoms with Gasteiger partial charge in [-0.2, -0.15) is 0 Å². The number of rotatable bonds is 4. The normalized spacial score (nSPS) is 11.2. The van der Waals surface area contributed by atoms with Crippen molar-refractivity contribution in [3.8, 4) is 11.6 Å². The average molecular weight is 266 g/mol. The number of alkyl halides is 3. The second-order valence-electron chi connectivity index (χ2n) is 3.05. The van der Waals surface area contributed by atoms with Crippen molar-refractivity contribution in [2.24, 2.45) is 5.73 Å². The Morgan fingerprint density at radius 2 is 2.17 bits per heavy atom. The first kappa shape index (κ1) is 14.0. The molecule has 3 N–H and O–H groups in total. The Morgan fingerprint density at radius 1 is 1.56 bits per heavy atom. The van der Waals surface area contributed by atoms with Gasteiger partial charge in [-0.3, -0.25) is 0 Å². The predicted octanol–water partition coefficient (Wildman–Crippen LogP) is 1.15. The smallest absolute Gasteiger partial charge is 0.496 e. The van der Waals surface area contributed by atoms with Crippen LogP contribution in [0.1, 0.15) is 16.1 Å². The molecule has 0 aromatic carbocycles. The van der Waals surface area contributed by atoms with Gasteiger partial charge in [0.15, 0.2) is 5.69 Å². The summed E-state index contributed by atoms with van der Waals surface area (Å²) >= 11 is 0. The summed E-state index contributed by atoms with van der Waals surface area (Å²) in [4.78, 5) is 14.1. The minimum Gasteiger partial charge on any atom is -0.496 e. The number of aromatic nitrogens is 1. The number of halogens is 3. The summed E-state index contributed by atoms with van der Waals surface area (Å²) in [5.41, 5.74) is 4.64. The fourth-order valence-electron chi connectivity index (χ4n) is 1.25. The van der Waals surface area contributed by atoms with E-state index in [0.29, 0.717) is 0 Å². The third kappa shape index (κ3) is 3.23. The van der Waals surface area contributed by atoms with E-state index in [-0.39, 0.29) is 17.9 Å². The van der Waals surface area contributed by atoms with Gasteiger partial charge in [0.1, 0.15) is 5.75 Å². The molecule has 0 aliphatic rings. The monoisotopic (exact) mass is 266 g/mol. The number of aromatic carboxylic acids is 1. The second kappa shape index (κ2) is 5.08. The quantitative estimate of drug-likeness (QED) is 0.848. The van der Waals surface area contributed by atoms with Crippen LogP contribution in [-0.4, -0.2) is 29.5 Å². The van der Waals surface area contributed by atoms with Crippen LogP contribution >= 0.6 is 0 Å². The Morgan fingerprint density at radius 3 is 2.56 bits per heavy atom. The molecule has 6 nitrogen and oxygen atoms in total. The van der Waals surface area contributed by atoms with E-state index in [0.717, 1.165) is 13.2 Å². The lowest BCUT2D eigenvalue weighted by Crippen LogP contribution is -2.20. The van der Waals surface area contributed by atoms with E-state index in [4.69, 9.17) is 15.6 Å². The first-order valence-electron chi connectivity index (χ1n) is 4.55. The highest BCUT2D eigenvalue weighted by atomic mass is 19.4. The number of hydrogen-bond acceptors (Lipinski definition) is 5. The summed E-state index contributed by atoms with van der Waals surface area (Å²) in [5.74, 6) is -2.58. The number of hydrogen-bond donors (Lipinski definition) is 2. The van der Waals surface area contributed by atoms with Crippen LogP contribution in [0.4, 0.5) is 13.2 Å². The number of carboxylic acid groups (broad SMARTS) is 1. The van der Waals surface area contributed by atoms with Crippen LogP contribution in [-0.2, 0) is 6.54 Å². The molecule has 0 radical (unpaired) electrons. The first-order chi connectivity index (χ1) is 8.28. The fourth-order valence-corrected chi connectivity index (χ4v) is 1.25. The summed E-state index contributed by atoms with van der Waals surface area (Å²) in [6.07, 6.45) is -4.97. The van der Waals surface area contributed by atoms with E-state index < -0.39 is 23.9 Å². The van der Waals surface area contributed by atoms with E-state index >= 15 is 0 Å². The molecular formula is C9H9F3N2O4. The molecule has 1 heterocycles. The highest BCUT2D eigenvalue weighted by Crippen LogP contribution is 2.29. The Hall–Kier alpha value is -2.03. The molecule has 0 fully saturated rings. The van der Waals surface area contributed by atoms with E-state index in [1.807, 2.05) is 0 Å². The van der Waals surface area contributed by atoms with Crippen molar-refractivity contribution >= 4 is 5.97 Å². The van der Waals surface area contributed by atoms with Crippen LogP contribution in [0.5, 0.6) is 11.6 Å². The minimum absolute atomic E-state index is 0.0143. The van der Waals surface area contributed by atoms with Gasteiger partial charge in [-0.25, -0.2) is 9.78 Å². The van der Waals surface area contributed by atoms with E-state index in [9.17, 15) is 18.0 Å². The summed E-state index contributed by atoms with van der Waals surface area (Å²) in [6.45, 7) is -0.246. The van der Waals surface area contributed by atoms with E-state index in [2.05, 4.69) is 9.72 Å². The molecule has 18 heavy (non-hydrogen) atoms. The minimum atomic E-state index is -4.97. The van der Waals surface area contributed by atoms with Gasteiger partial charge < -0.3 is 20.3 Å². The lowest BCUT2D eigenvalue weighted by atomic mass is 10.1. The predicted molar refractivity (Wildman–Crippen MR) is 52.3 cm³/mol. The first-order valence-corrected chi connectivity index (χ1v) is 4.55. The molecule has 0 unspecified atom stereocenters. The molecule has 0 saturated carbocycles. The Labute approximate surface area is 99.1 Å². The van der Waals surface area contributed by atoms with Crippen LogP contribution < -0.4 is 15.2 Å². The summed E-state index contributed by atoms with van der Waals surface area (Å²) in [5, 5.41) is 8.83. The fraction of sp³-hybridized carbons (Fsp3) is 0.333. The molecule has 1 rings (SSSR count). The Balaban J connectivity index is 3.32. The summed E-state index contributed by atoms with van der Waals surface area (Å²) in [6, 6.07) is 0.822. The molecule has 9 heteroatoms. The maximum absolute atomic E-state index is 12.0. The maximum atomic E-state index is 12.0. The number of pyridine rings is 1. The zero-order valence-corrected chi connectivity index (χ0v) is 9.11. The molecule has 1 aromatic rings. The highest BCUT2D eigenvalue weighted by Gasteiger charge is 2.33.